The highest BCUT2D eigenvalue weighted by molar-refractivity contribution is 6.03. The largest absolute Gasteiger partial charge is 0.355 e. The molecule has 1 N–H and O–H groups in total. The Morgan fingerprint density at radius 1 is 1.06 bits per heavy atom. The molecule has 2 aliphatic heterocycles. The number of anilines is 2. The number of nitrogens with zero attached hydrogens (tertiary/aromatic N) is 6. The van der Waals surface area contributed by atoms with Gasteiger partial charge in [0.25, 0.3) is 5.91 Å². The molecule has 8 heteroatoms. The first kappa shape index (κ1) is 23.6. The summed E-state index contributed by atoms with van der Waals surface area (Å²) in [5.41, 5.74) is 1.15. The molecule has 8 nitrogen and oxygen atoms in total. The zero-order valence-corrected chi connectivity index (χ0v) is 20.2. The molecule has 2 aromatic heterocycles. The van der Waals surface area contributed by atoms with Gasteiger partial charge in [-0.15, -0.1) is 0 Å². The van der Waals surface area contributed by atoms with Gasteiger partial charge in [0.15, 0.2) is 0 Å². The molecule has 0 aliphatic carbocycles. The van der Waals surface area contributed by atoms with Gasteiger partial charge in [0.1, 0.15) is 11.5 Å². The van der Waals surface area contributed by atoms with Crippen molar-refractivity contribution in [2.45, 2.75) is 32.4 Å². The molecule has 2 aromatic rings. The Bertz CT molecular complexity index is 907. The summed E-state index contributed by atoms with van der Waals surface area (Å²) in [6, 6.07) is 10.4. The summed E-state index contributed by atoms with van der Waals surface area (Å²) in [5, 5.41) is 2.89. The number of carbonyl (C=O) groups excluding carboxylic acids is 1. The van der Waals surface area contributed by atoms with E-state index in [2.05, 4.69) is 55.8 Å². The van der Waals surface area contributed by atoms with Crippen molar-refractivity contribution in [1.82, 2.24) is 24.7 Å². The van der Waals surface area contributed by atoms with E-state index in [1.54, 1.807) is 30.6 Å². The lowest BCUT2D eigenvalue weighted by Crippen LogP contribution is -2.57. The molecule has 33 heavy (non-hydrogen) atoms. The maximum absolute atomic E-state index is 12.7. The van der Waals surface area contributed by atoms with E-state index in [0.717, 1.165) is 70.3 Å². The number of pyridine rings is 2. The number of rotatable bonds is 6. The first-order valence-corrected chi connectivity index (χ1v) is 12.1. The van der Waals surface area contributed by atoms with Gasteiger partial charge in [0.05, 0.1) is 0 Å². The third kappa shape index (κ3) is 6.28. The van der Waals surface area contributed by atoms with Gasteiger partial charge < -0.3 is 10.2 Å². The molecule has 4 rings (SSSR count). The predicted octanol–water partition coefficient (Wildman–Crippen LogP) is 2.27. The van der Waals surface area contributed by atoms with Gasteiger partial charge in [-0.1, -0.05) is 6.07 Å². The highest BCUT2D eigenvalue weighted by Crippen LogP contribution is 2.17. The standard InChI is InChI=1S/C25H37N7O/c1-20(2)32-16-14-29(3)22(19-32)18-30-12-5-13-31(17-15-30)24-7-4-6-23(28-24)25(33)27-21-8-10-26-11-9-21/h4,6-11,20,22H,5,12-19H2,1-3H3,(H,26,27,33)/t22-/m1/s1. The average molecular weight is 452 g/mol. The van der Waals surface area contributed by atoms with Crippen LogP contribution in [0.2, 0.25) is 0 Å². The quantitative estimate of drug-likeness (QED) is 0.723. The van der Waals surface area contributed by atoms with Crippen LogP contribution in [0.1, 0.15) is 30.8 Å². The van der Waals surface area contributed by atoms with E-state index < -0.39 is 0 Å². The Labute approximate surface area is 197 Å². The molecule has 4 heterocycles. The summed E-state index contributed by atoms with van der Waals surface area (Å²) in [6.07, 6.45) is 4.42. The number of hydrogen-bond acceptors (Lipinski definition) is 7. The van der Waals surface area contributed by atoms with E-state index >= 15 is 0 Å². The molecule has 0 spiro atoms. The van der Waals surface area contributed by atoms with Crippen LogP contribution < -0.4 is 10.2 Å². The van der Waals surface area contributed by atoms with Gasteiger partial charge in [0, 0.05) is 76.0 Å². The topological polar surface area (TPSA) is 67.8 Å². The molecule has 2 saturated heterocycles. The van der Waals surface area contributed by atoms with Gasteiger partial charge in [0.2, 0.25) is 0 Å². The van der Waals surface area contributed by atoms with Crippen molar-refractivity contribution < 1.29 is 4.79 Å². The molecule has 2 fully saturated rings. The zero-order valence-electron chi connectivity index (χ0n) is 20.2. The van der Waals surface area contributed by atoms with E-state index in [9.17, 15) is 4.79 Å². The van der Waals surface area contributed by atoms with Crippen LogP contribution in [0, 0.1) is 0 Å². The first-order chi connectivity index (χ1) is 16.0. The molecule has 1 amide bonds. The van der Waals surface area contributed by atoms with Gasteiger partial charge in [-0.25, -0.2) is 4.98 Å². The summed E-state index contributed by atoms with van der Waals surface area (Å²) < 4.78 is 0. The lowest BCUT2D eigenvalue weighted by molar-refractivity contribution is 0.0541. The monoisotopic (exact) mass is 451 g/mol. The second-order valence-electron chi connectivity index (χ2n) is 9.44. The summed E-state index contributed by atoms with van der Waals surface area (Å²) in [4.78, 5) is 31.4. The van der Waals surface area contributed by atoms with Crippen LogP contribution in [0.25, 0.3) is 0 Å². The van der Waals surface area contributed by atoms with Crippen molar-refractivity contribution in [1.29, 1.82) is 0 Å². The Kier molecular flexibility index (Phi) is 7.90. The second-order valence-corrected chi connectivity index (χ2v) is 9.44. The fourth-order valence-corrected chi connectivity index (χ4v) is 4.67. The van der Waals surface area contributed by atoms with E-state index in [-0.39, 0.29) is 5.91 Å². The van der Waals surface area contributed by atoms with Gasteiger partial charge in [-0.2, -0.15) is 0 Å². The Hall–Kier alpha value is -2.55. The predicted molar refractivity (Wildman–Crippen MR) is 133 cm³/mol. The Morgan fingerprint density at radius 3 is 2.67 bits per heavy atom. The van der Waals surface area contributed by atoms with Crippen molar-refractivity contribution in [3.05, 3.63) is 48.4 Å². The maximum atomic E-state index is 12.7. The Balaban J connectivity index is 1.35. The minimum absolute atomic E-state index is 0.199. The lowest BCUT2D eigenvalue weighted by Gasteiger charge is -2.43. The summed E-state index contributed by atoms with van der Waals surface area (Å²) in [7, 11) is 2.26. The SMILES string of the molecule is CC(C)N1CCN(C)[C@H](CN2CCCN(c3cccc(C(=O)Nc4ccncc4)n3)CC2)C1. The van der Waals surface area contributed by atoms with Crippen molar-refractivity contribution in [3.8, 4) is 0 Å². The van der Waals surface area contributed by atoms with Gasteiger partial charge in [-0.3, -0.25) is 24.5 Å². The van der Waals surface area contributed by atoms with E-state index in [1.165, 1.54) is 0 Å². The lowest BCUT2D eigenvalue weighted by atomic mass is 10.1. The number of amides is 1. The van der Waals surface area contributed by atoms with Gasteiger partial charge >= 0.3 is 0 Å². The minimum atomic E-state index is -0.199. The molecule has 1 atom stereocenters. The highest BCUT2D eigenvalue weighted by atomic mass is 16.1. The number of aromatic nitrogens is 2. The number of hydrogen-bond donors (Lipinski definition) is 1. The first-order valence-electron chi connectivity index (χ1n) is 12.1. The van der Waals surface area contributed by atoms with Crippen molar-refractivity contribution in [2.24, 2.45) is 0 Å². The van der Waals surface area contributed by atoms with Gasteiger partial charge in [-0.05, 0) is 58.1 Å². The third-order valence-electron chi connectivity index (χ3n) is 6.83. The molecule has 0 unspecified atom stereocenters. The van der Waals surface area contributed by atoms with Crippen molar-refractivity contribution in [2.75, 3.05) is 69.6 Å². The molecule has 0 saturated carbocycles. The van der Waals surface area contributed by atoms with E-state index in [4.69, 9.17) is 0 Å². The van der Waals surface area contributed by atoms with E-state index in [0.29, 0.717) is 17.8 Å². The van der Waals surface area contributed by atoms with Crippen LogP contribution >= 0.6 is 0 Å². The fourth-order valence-electron chi connectivity index (χ4n) is 4.67. The number of carbonyl (C=O) groups is 1. The molecule has 0 bridgehead atoms. The third-order valence-corrected chi connectivity index (χ3v) is 6.83. The van der Waals surface area contributed by atoms with Crippen LogP contribution in [-0.4, -0.2) is 102 Å². The van der Waals surface area contributed by atoms with Crippen molar-refractivity contribution >= 4 is 17.4 Å². The highest BCUT2D eigenvalue weighted by Gasteiger charge is 2.28. The maximum Gasteiger partial charge on any atom is 0.274 e. The van der Waals surface area contributed by atoms with Crippen LogP contribution in [0.4, 0.5) is 11.5 Å². The van der Waals surface area contributed by atoms with Crippen LogP contribution in [-0.2, 0) is 0 Å². The smallest absolute Gasteiger partial charge is 0.274 e. The summed E-state index contributed by atoms with van der Waals surface area (Å²) in [5.74, 6) is 0.675. The summed E-state index contributed by atoms with van der Waals surface area (Å²) >= 11 is 0. The number of piperazine rings is 1. The molecular weight excluding hydrogens is 414 g/mol. The molecular formula is C25H37N7O. The molecule has 178 valence electrons. The molecule has 2 aliphatic rings. The number of nitrogens with one attached hydrogen (secondary N) is 1. The second kappa shape index (κ2) is 11.0. The fraction of sp³-hybridized carbons (Fsp3) is 0.560. The van der Waals surface area contributed by atoms with Crippen LogP contribution in [0.3, 0.4) is 0 Å². The van der Waals surface area contributed by atoms with Crippen LogP contribution in [0.15, 0.2) is 42.7 Å². The minimum Gasteiger partial charge on any atom is -0.355 e. The molecule has 0 radical (unpaired) electrons. The normalized spacial score (nSPS) is 21.2. The zero-order chi connectivity index (χ0) is 23.2. The Morgan fingerprint density at radius 2 is 1.88 bits per heavy atom. The van der Waals surface area contributed by atoms with E-state index in [1.807, 2.05) is 12.1 Å². The molecule has 0 aromatic carbocycles. The summed E-state index contributed by atoms with van der Waals surface area (Å²) in [6.45, 7) is 13.1. The van der Waals surface area contributed by atoms with Crippen molar-refractivity contribution in [3.63, 3.8) is 0 Å². The average Bonchev–Trinajstić information content (AvgIpc) is 3.07. The number of likely N-dealkylation sites (N-methyl/N-ethyl adjacent to an activating group) is 1. The van der Waals surface area contributed by atoms with Crippen LogP contribution in [0.5, 0.6) is 0 Å².